The monoisotopic (exact) mass is 316 g/mol. The van der Waals surface area contributed by atoms with Gasteiger partial charge in [-0.25, -0.2) is 18.6 Å². The largest absolute Gasteiger partial charge is 0.477 e. The fourth-order valence-corrected chi connectivity index (χ4v) is 3.90. The first kappa shape index (κ1) is 14.1. The maximum Gasteiger partial charge on any atom is 0.354 e. The molecule has 2 aliphatic rings. The molecule has 6 heteroatoms. The summed E-state index contributed by atoms with van der Waals surface area (Å²) in [6.07, 6.45) is 4.42. The number of pyridine rings is 1. The Balaban J connectivity index is 1.78. The Morgan fingerprint density at radius 1 is 1.17 bits per heavy atom. The number of carboxylic acids is 1. The minimum Gasteiger partial charge on any atom is -0.477 e. The smallest absolute Gasteiger partial charge is 0.354 e. The van der Waals surface area contributed by atoms with Gasteiger partial charge in [-0.05, 0) is 54.4 Å². The first-order valence-electron chi connectivity index (χ1n) is 7.52. The maximum absolute atomic E-state index is 13.4. The highest BCUT2D eigenvalue weighted by molar-refractivity contribution is 5.89. The summed E-state index contributed by atoms with van der Waals surface area (Å²) < 4.78 is 26.4. The number of hydrogen-bond donors (Lipinski definition) is 2. The molecule has 1 heterocycles. The number of hydrogen-bond acceptors (Lipinski definition) is 3. The first-order chi connectivity index (χ1) is 11.0. The van der Waals surface area contributed by atoms with Gasteiger partial charge < -0.3 is 10.4 Å². The van der Waals surface area contributed by atoms with E-state index in [1.165, 1.54) is 12.3 Å². The minimum atomic E-state index is -1.02. The Kier molecular flexibility index (Phi) is 3.07. The molecule has 0 amide bonds. The van der Waals surface area contributed by atoms with Crippen LogP contribution in [0.1, 0.15) is 52.7 Å². The van der Waals surface area contributed by atoms with Crippen LogP contribution in [0.25, 0.3) is 0 Å². The van der Waals surface area contributed by atoms with Gasteiger partial charge in [-0.3, -0.25) is 0 Å². The molecule has 1 saturated carbocycles. The summed E-state index contributed by atoms with van der Waals surface area (Å²) in [5, 5.41) is 12.4. The normalized spacial score (nSPS) is 21.3. The van der Waals surface area contributed by atoms with Crippen LogP contribution in [0, 0.1) is 11.6 Å². The molecule has 2 N–H and O–H groups in total. The third-order valence-electron chi connectivity index (χ3n) is 4.81. The van der Waals surface area contributed by atoms with Crippen LogP contribution in [-0.2, 0) is 0 Å². The third-order valence-corrected chi connectivity index (χ3v) is 4.81. The molecule has 118 valence electrons. The van der Waals surface area contributed by atoms with Crippen molar-refractivity contribution in [1.29, 1.82) is 0 Å². The number of benzene rings is 1. The van der Waals surface area contributed by atoms with E-state index >= 15 is 0 Å². The highest BCUT2D eigenvalue weighted by Gasteiger charge is 2.41. The fourth-order valence-electron chi connectivity index (χ4n) is 3.90. The summed E-state index contributed by atoms with van der Waals surface area (Å²) in [5.74, 6) is -2.31. The molecule has 0 spiro atoms. The number of aromatic nitrogens is 1. The van der Waals surface area contributed by atoms with Crippen LogP contribution in [0.4, 0.5) is 20.2 Å². The van der Waals surface area contributed by atoms with Crippen LogP contribution < -0.4 is 5.32 Å². The van der Waals surface area contributed by atoms with Crippen molar-refractivity contribution in [2.75, 3.05) is 5.32 Å². The van der Waals surface area contributed by atoms with Gasteiger partial charge in [0.05, 0.1) is 11.9 Å². The van der Waals surface area contributed by atoms with E-state index in [1.807, 2.05) is 0 Å². The molecule has 4 nitrogen and oxygen atoms in total. The molecule has 2 unspecified atom stereocenters. The van der Waals surface area contributed by atoms with Crippen molar-refractivity contribution in [1.82, 2.24) is 4.98 Å². The highest BCUT2D eigenvalue weighted by Crippen LogP contribution is 2.56. The zero-order valence-electron chi connectivity index (χ0n) is 12.1. The van der Waals surface area contributed by atoms with Gasteiger partial charge in [-0.1, -0.05) is 0 Å². The lowest BCUT2D eigenvalue weighted by Gasteiger charge is -2.21. The second-order valence-electron chi connectivity index (χ2n) is 6.11. The lowest BCUT2D eigenvalue weighted by atomic mass is 9.89. The molecule has 2 aliphatic carbocycles. The van der Waals surface area contributed by atoms with Crippen molar-refractivity contribution in [3.63, 3.8) is 0 Å². The average molecular weight is 316 g/mol. The SMILES string of the molecule is O=C(O)c1ncc(Nc2ccc(F)c(F)c2)c2c1C1CCC2C1. The Morgan fingerprint density at radius 3 is 2.61 bits per heavy atom. The number of nitrogens with zero attached hydrogens (tertiary/aromatic N) is 1. The summed E-state index contributed by atoms with van der Waals surface area (Å²) in [7, 11) is 0. The van der Waals surface area contributed by atoms with Gasteiger partial charge >= 0.3 is 5.97 Å². The topological polar surface area (TPSA) is 62.2 Å². The Morgan fingerprint density at radius 2 is 1.91 bits per heavy atom. The summed E-state index contributed by atoms with van der Waals surface area (Å²) in [6.45, 7) is 0. The lowest BCUT2D eigenvalue weighted by molar-refractivity contribution is 0.0688. The van der Waals surface area contributed by atoms with E-state index in [0.717, 1.165) is 42.5 Å². The number of rotatable bonds is 3. The molecular weight excluding hydrogens is 302 g/mol. The first-order valence-corrected chi connectivity index (χ1v) is 7.52. The van der Waals surface area contributed by atoms with Gasteiger partial charge in [-0.2, -0.15) is 0 Å². The number of fused-ring (bicyclic) bond motifs is 5. The molecule has 0 radical (unpaired) electrons. The molecule has 2 aromatic rings. The van der Waals surface area contributed by atoms with E-state index in [4.69, 9.17) is 0 Å². The van der Waals surface area contributed by atoms with Gasteiger partial charge in [0, 0.05) is 11.8 Å². The molecular formula is C17H14F2N2O2. The fraction of sp³-hybridized carbons (Fsp3) is 0.294. The van der Waals surface area contributed by atoms with E-state index < -0.39 is 17.6 Å². The summed E-state index contributed by atoms with van der Waals surface area (Å²) >= 11 is 0. The standard InChI is InChI=1S/C17H14F2N2O2/c18-11-4-3-10(6-12(11)19)21-13-7-20-16(17(22)23)15-9-2-1-8(5-9)14(13)15/h3-4,6-9,21H,1-2,5H2,(H,22,23). The van der Waals surface area contributed by atoms with Gasteiger partial charge in [-0.15, -0.1) is 0 Å². The summed E-state index contributed by atoms with van der Waals surface area (Å²) in [6, 6.07) is 3.59. The zero-order valence-corrected chi connectivity index (χ0v) is 12.1. The minimum absolute atomic E-state index is 0.114. The van der Waals surface area contributed by atoms with Crippen molar-refractivity contribution in [2.24, 2.45) is 0 Å². The molecule has 2 atom stereocenters. The van der Waals surface area contributed by atoms with Crippen LogP contribution in [0.15, 0.2) is 24.4 Å². The summed E-state index contributed by atoms with van der Waals surface area (Å²) in [4.78, 5) is 15.5. The Labute approximate surface area is 131 Å². The Bertz CT molecular complexity index is 822. The highest BCUT2D eigenvalue weighted by atomic mass is 19.2. The molecule has 1 fully saturated rings. The van der Waals surface area contributed by atoms with Gasteiger partial charge in [0.15, 0.2) is 17.3 Å². The van der Waals surface area contributed by atoms with Gasteiger partial charge in [0.2, 0.25) is 0 Å². The maximum atomic E-state index is 13.4. The lowest BCUT2D eigenvalue weighted by Crippen LogP contribution is -2.12. The molecule has 23 heavy (non-hydrogen) atoms. The van der Waals surface area contributed by atoms with E-state index in [1.54, 1.807) is 0 Å². The van der Waals surface area contributed by atoms with Gasteiger partial charge in [0.25, 0.3) is 0 Å². The van der Waals surface area contributed by atoms with E-state index in [0.29, 0.717) is 17.3 Å². The number of carboxylic acid groups (broad SMARTS) is 1. The van der Waals surface area contributed by atoms with Crippen molar-refractivity contribution < 1.29 is 18.7 Å². The predicted molar refractivity (Wildman–Crippen MR) is 80.2 cm³/mol. The van der Waals surface area contributed by atoms with Crippen LogP contribution in [0.3, 0.4) is 0 Å². The number of carbonyl (C=O) groups is 1. The van der Waals surface area contributed by atoms with Crippen molar-refractivity contribution in [3.8, 4) is 0 Å². The number of anilines is 2. The second kappa shape index (κ2) is 5.01. The van der Waals surface area contributed by atoms with Crippen molar-refractivity contribution >= 4 is 17.3 Å². The molecule has 4 rings (SSSR count). The molecule has 1 aromatic heterocycles. The zero-order chi connectivity index (χ0) is 16.1. The predicted octanol–water partition coefficient (Wildman–Crippen LogP) is 4.17. The van der Waals surface area contributed by atoms with Crippen LogP contribution in [0.2, 0.25) is 0 Å². The Hall–Kier alpha value is -2.50. The van der Waals surface area contributed by atoms with Crippen LogP contribution >= 0.6 is 0 Å². The molecule has 1 aromatic carbocycles. The molecule has 0 saturated heterocycles. The number of aromatic carboxylic acids is 1. The molecule has 0 aliphatic heterocycles. The van der Waals surface area contributed by atoms with E-state index in [2.05, 4.69) is 10.3 Å². The molecule has 2 bridgehead atoms. The van der Waals surface area contributed by atoms with E-state index in [-0.39, 0.29) is 11.6 Å². The van der Waals surface area contributed by atoms with E-state index in [9.17, 15) is 18.7 Å². The number of halogens is 2. The van der Waals surface area contributed by atoms with Crippen LogP contribution in [-0.4, -0.2) is 16.1 Å². The third kappa shape index (κ3) is 2.17. The van der Waals surface area contributed by atoms with Crippen molar-refractivity contribution in [2.45, 2.75) is 31.1 Å². The van der Waals surface area contributed by atoms with Crippen molar-refractivity contribution in [3.05, 3.63) is 52.9 Å². The average Bonchev–Trinajstić information content (AvgIpc) is 3.13. The quantitative estimate of drug-likeness (QED) is 0.892. The summed E-state index contributed by atoms with van der Waals surface area (Å²) in [5.41, 5.74) is 2.99. The van der Waals surface area contributed by atoms with Gasteiger partial charge in [0.1, 0.15) is 0 Å². The number of nitrogens with one attached hydrogen (secondary N) is 1. The van der Waals surface area contributed by atoms with Crippen LogP contribution in [0.5, 0.6) is 0 Å². The second-order valence-corrected chi connectivity index (χ2v) is 6.11.